The summed E-state index contributed by atoms with van der Waals surface area (Å²) in [6, 6.07) is 2.69. The fourth-order valence-electron chi connectivity index (χ4n) is 1.07. The van der Waals surface area contributed by atoms with E-state index in [0.717, 1.165) is 0 Å². The van der Waals surface area contributed by atoms with Gasteiger partial charge in [0, 0.05) is 0 Å². The normalized spacial score (nSPS) is 10.4. The number of rotatable bonds is 4. The molecule has 0 saturated heterocycles. The summed E-state index contributed by atoms with van der Waals surface area (Å²) in [6.07, 6.45) is -2.47. The van der Waals surface area contributed by atoms with Gasteiger partial charge in [-0.2, -0.15) is 0 Å². The number of anilines is 1. The molecule has 4 nitrogen and oxygen atoms in total. The minimum atomic E-state index is -2.47. The predicted octanol–water partition coefficient (Wildman–Crippen LogP) is 1.77. The van der Waals surface area contributed by atoms with E-state index in [2.05, 4.69) is 10.3 Å². The van der Waals surface area contributed by atoms with Crippen molar-refractivity contribution in [1.82, 2.24) is 4.98 Å². The molecule has 0 aliphatic carbocycles. The van der Waals surface area contributed by atoms with Gasteiger partial charge < -0.3 is 10.4 Å². The van der Waals surface area contributed by atoms with Crippen LogP contribution >= 0.6 is 0 Å². The smallest absolute Gasteiger partial charge is 0.337 e. The lowest BCUT2D eigenvalue weighted by molar-refractivity contribution is 0.0695. The monoisotopic (exact) mass is 216 g/mol. The summed E-state index contributed by atoms with van der Waals surface area (Å²) in [6.45, 7) is 1.01. The van der Waals surface area contributed by atoms with Crippen molar-refractivity contribution in [2.24, 2.45) is 0 Å². The number of nitrogens with zero attached hydrogens (tertiary/aromatic N) is 1. The number of alkyl halides is 2. The third-order valence-electron chi connectivity index (χ3n) is 1.75. The average Bonchev–Trinajstić information content (AvgIpc) is 2.14. The first-order valence-corrected chi connectivity index (χ1v) is 4.23. The molecule has 1 heterocycles. The molecule has 0 amide bonds. The second-order valence-corrected chi connectivity index (χ2v) is 2.91. The van der Waals surface area contributed by atoms with Crippen molar-refractivity contribution >= 4 is 11.8 Å². The zero-order valence-electron chi connectivity index (χ0n) is 8.00. The van der Waals surface area contributed by atoms with Crippen LogP contribution in [0.4, 0.5) is 14.6 Å². The van der Waals surface area contributed by atoms with E-state index >= 15 is 0 Å². The molecule has 0 aliphatic rings. The van der Waals surface area contributed by atoms with Crippen molar-refractivity contribution in [3.63, 3.8) is 0 Å². The van der Waals surface area contributed by atoms with Gasteiger partial charge in [0.05, 0.1) is 17.8 Å². The lowest BCUT2D eigenvalue weighted by Crippen LogP contribution is -2.12. The number of aryl methyl sites for hydroxylation is 1. The molecule has 2 N–H and O–H groups in total. The standard InChI is InChI=1S/C9H10F2N2O2/c1-5-6(9(14)15)2-3-8(13-5)12-4-7(10)11/h2-3,7H,4H2,1H3,(H,12,13)(H,14,15). The number of hydrogen-bond acceptors (Lipinski definition) is 3. The quantitative estimate of drug-likeness (QED) is 0.805. The number of aromatic nitrogens is 1. The molecule has 0 bridgehead atoms. The van der Waals surface area contributed by atoms with Crippen LogP contribution in [0.1, 0.15) is 16.1 Å². The molecule has 15 heavy (non-hydrogen) atoms. The second kappa shape index (κ2) is 4.68. The summed E-state index contributed by atoms with van der Waals surface area (Å²) in [5, 5.41) is 11.1. The van der Waals surface area contributed by atoms with Crippen LogP contribution < -0.4 is 5.32 Å². The number of carbonyl (C=O) groups is 1. The number of carboxylic acids is 1. The average molecular weight is 216 g/mol. The molecule has 0 atom stereocenters. The van der Waals surface area contributed by atoms with Crippen LogP contribution in [0.15, 0.2) is 12.1 Å². The van der Waals surface area contributed by atoms with Crippen molar-refractivity contribution in [2.75, 3.05) is 11.9 Å². The molecule has 1 aromatic rings. The Kier molecular flexibility index (Phi) is 3.54. The Morgan fingerprint density at radius 2 is 2.27 bits per heavy atom. The summed E-state index contributed by atoms with van der Waals surface area (Å²) in [5.41, 5.74) is 0.361. The van der Waals surface area contributed by atoms with Gasteiger partial charge in [0.15, 0.2) is 0 Å². The first-order chi connectivity index (χ1) is 7.00. The summed E-state index contributed by atoms with van der Waals surface area (Å²) >= 11 is 0. The molecule has 0 aliphatic heterocycles. The number of pyridine rings is 1. The largest absolute Gasteiger partial charge is 0.478 e. The van der Waals surface area contributed by atoms with E-state index in [1.165, 1.54) is 19.1 Å². The van der Waals surface area contributed by atoms with Gasteiger partial charge in [0.2, 0.25) is 0 Å². The maximum absolute atomic E-state index is 11.8. The van der Waals surface area contributed by atoms with Gasteiger partial charge in [-0.1, -0.05) is 0 Å². The number of nitrogens with one attached hydrogen (secondary N) is 1. The maximum Gasteiger partial charge on any atom is 0.337 e. The zero-order valence-corrected chi connectivity index (χ0v) is 8.00. The van der Waals surface area contributed by atoms with Crippen molar-refractivity contribution in [3.8, 4) is 0 Å². The molecule has 0 fully saturated rings. The Balaban J connectivity index is 2.78. The molecule has 0 unspecified atom stereocenters. The van der Waals surface area contributed by atoms with Crippen LogP contribution in [-0.2, 0) is 0 Å². The molecule has 82 valence electrons. The predicted molar refractivity (Wildman–Crippen MR) is 50.4 cm³/mol. The van der Waals surface area contributed by atoms with E-state index in [1.807, 2.05) is 0 Å². The van der Waals surface area contributed by atoms with Crippen LogP contribution in [0, 0.1) is 6.92 Å². The Morgan fingerprint density at radius 3 is 2.73 bits per heavy atom. The van der Waals surface area contributed by atoms with Gasteiger partial charge in [-0.3, -0.25) is 0 Å². The molecule has 0 aromatic carbocycles. The Hall–Kier alpha value is -1.72. The fraction of sp³-hybridized carbons (Fsp3) is 0.333. The highest BCUT2D eigenvalue weighted by molar-refractivity contribution is 5.89. The third kappa shape index (κ3) is 3.16. The van der Waals surface area contributed by atoms with Crippen LogP contribution in [0.25, 0.3) is 0 Å². The number of hydrogen-bond donors (Lipinski definition) is 2. The lowest BCUT2D eigenvalue weighted by atomic mass is 10.2. The molecule has 1 rings (SSSR count). The summed E-state index contributed by atoms with van der Waals surface area (Å²) in [7, 11) is 0. The number of carboxylic acid groups (broad SMARTS) is 1. The third-order valence-corrected chi connectivity index (χ3v) is 1.75. The van der Waals surface area contributed by atoms with Crippen LogP contribution in [0.5, 0.6) is 0 Å². The van der Waals surface area contributed by atoms with Crippen molar-refractivity contribution in [2.45, 2.75) is 13.3 Å². The molecular formula is C9H10F2N2O2. The van der Waals surface area contributed by atoms with E-state index in [1.54, 1.807) is 0 Å². The lowest BCUT2D eigenvalue weighted by Gasteiger charge is -2.06. The highest BCUT2D eigenvalue weighted by atomic mass is 19.3. The summed E-state index contributed by atoms with van der Waals surface area (Å²) in [4.78, 5) is 14.5. The van der Waals surface area contributed by atoms with E-state index in [0.29, 0.717) is 5.69 Å². The second-order valence-electron chi connectivity index (χ2n) is 2.91. The maximum atomic E-state index is 11.8. The summed E-state index contributed by atoms with van der Waals surface area (Å²) < 4.78 is 23.7. The highest BCUT2D eigenvalue weighted by Crippen LogP contribution is 2.10. The molecule has 1 aromatic heterocycles. The van der Waals surface area contributed by atoms with Gasteiger partial charge in [-0.25, -0.2) is 18.6 Å². The van der Waals surface area contributed by atoms with Gasteiger partial charge in [-0.15, -0.1) is 0 Å². The summed E-state index contributed by atoms with van der Waals surface area (Å²) in [5.74, 6) is -0.835. The van der Waals surface area contributed by atoms with Crippen LogP contribution in [0.2, 0.25) is 0 Å². The molecule has 0 radical (unpaired) electrons. The number of halogens is 2. The zero-order chi connectivity index (χ0) is 11.4. The van der Waals surface area contributed by atoms with Gasteiger partial charge in [0.25, 0.3) is 6.43 Å². The Bertz CT molecular complexity index is 369. The molecule has 0 saturated carbocycles. The minimum Gasteiger partial charge on any atom is -0.478 e. The number of aromatic carboxylic acids is 1. The fourth-order valence-corrected chi connectivity index (χ4v) is 1.07. The Morgan fingerprint density at radius 1 is 1.60 bits per heavy atom. The first-order valence-electron chi connectivity index (χ1n) is 4.23. The van der Waals surface area contributed by atoms with E-state index in [-0.39, 0.29) is 11.4 Å². The topological polar surface area (TPSA) is 62.2 Å². The van der Waals surface area contributed by atoms with E-state index < -0.39 is 18.9 Å². The SMILES string of the molecule is Cc1nc(NCC(F)F)ccc1C(=O)O. The first kappa shape index (κ1) is 11.4. The van der Waals surface area contributed by atoms with Crippen LogP contribution in [0.3, 0.4) is 0 Å². The highest BCUT2D eigenvalue weighted by Gasteiger charge is 2.09. The van der Waals surface area contributed by atoms with E-state index in [9.17, 15) is 13.6 Å². The van der Waals surface area contributed by atoms with Gasteiger partial charge in [-0.05, 0) is 19.1 Å². The van der Waals surface area contributed by atoms with Crippen molar-refractivity contribution in [1.29, 1.82) is 0 Å². The van der Waals surface area contributed by atoms with Crippen molar-refractivity contribution in [3.05, 3.63) is 23.4 Å². The molecule has 0 spiro atoms. The molecule has 6 heteroatoms. The van der Waals surface area contributed by atoms with Crippen LogP contribution in [-0.4, -0.2) is 29.0 Å². The minimum absolute atomic E-state index is 0.0672. The van der Waals surface area contributed by atoms with E-state index in [4.69, 9.17) is 5.11 Å². The van der Waals surface area contributed by atoms with Crippen molar-refractivity contribution < 1.29 is 18.7 Å². The van der Waals surface area contributed by atoms with Gasteiger partial charge in [0.1, 0.15) is 5.82 Å². The Labute approximate surface area is 84.9 Å². The molecular weight excluding hydrogens is 206 g/mol. The van der Waals surface area contributed by atoms with Gasteiger partial charge >= 0.3 is 5.97 Å².